The Hall–Kier alpha value is -0.150. The van der Waals surface area contributed by atoms with Crippen molar-refractivity contribution < 1.29 is 9.50 Å². The van der Waals surface area contributed by atoms with Crippen LogP contribution in [0.2, 0.25) is 0 Å². The summed E-state index contributed by atoms with van der Waals surface area (Å²) in [4.78, 5) is 1.93. The molecule has 2 atom stereocenters. The van der Waals surface area contributed by atoms with Crippen molar-refractivity contribution in [3.8, 4) is 0 Å². The molecule has 1 N–H and O–H groups in total. The van der Waals surface area contributed by atoms with E-state index in [1.54, 1.807) is 0 Å². The molecule has 1 fully saturated rings. The van der Waals surface area contributed by atoms with Crippen LogP contribution in [0.4, 0.5) is 4.39 Å². The number of piperidine rings is 1. The fourth-order valence-electron chi connectivity index (χ4n) is 1.06. The first-order valence-electron chi connectivity index (χ1n) is 3.21. The van der Waals surface area contributed by atoms with Crippen molar-refractivity contribution in [3.05, 3.63) is 0 Å². The van der Waals surface area contributed by atoms with Gasteiger partial charge in [0.25, 0.3) is 0 Å². The number of nitrogens with zero attached hydrogens (tertiary/aromatic N) is 1. The standard InChI is InChI=1S/C6H12FNO/c1-8-3-2-5(7)6(9)4-8/h5-6,9H,2-4H2,1H3/t5-,6-/m1/s1. The zero-order chi connectivity index (χ0) is 6.85. The maximum atomic E-state index is 12.5. The first-order chi connectivity index (χ1) is 4.20. The smallest absolute Gasteiger partial charge is 0.128 e. The van der Waals surface area contributed by atoms with E-state index >= 15 is 0 Å². The fraction of sp³-hybridized carbons (Fsp3) is 1.00. The summed E-state index contributed by atoms with van der Waals surface area (Å²) in [5.74, 6) is 0. The van der Waals surface area contributed by atoms with Crippen LogP contribution in [-0.4, -0.2) is 42.4 Å². The molecule has 0 aromatic heterocycles. The monoisotopic (exact) mass is 133 g/mol. The molecule has 1 saturated heterocycles. The molecule has 0 aromatic carbocycles. The summed E-state index contributed by atoms with van der Waals surface area (Å²) in [7, 11) is 1.88. The van der Waals surface area contributed by atoms with Gasteiger partial charge in [0.15, 0.2) is 0 Å². The number of aliphatic hydroxyl groups excluding tert-OH is 1. The molecule has 0 aromatic rings. The van der Waals surface area contributed by atoms with Crippen LogP contribution in [0.25, 0.3) is 0 Å². The van der Waals surface area contributed by atoms with Crippen LogP contribution in [0.3, 0.4) is 0 Å². The molecular formula is C6H12FNO. The second-order valence-electron chi connectivity index (χ2n) is 2.63. The SMILES string of the molecule is CN1CC[C@@H](F)[C@H](O)C1. The number of β-amino-alcohol motifs (C(OH)–C–C–N with tert-alkyl or cyclic N) is 1. The third-order valence-corrected chi connectivity index (χ3v) is 1.70. The van der Waals surface area contributed by atoms with Crippen molar-refractivity contribution in [2.75, 3.05) is 20.1 Å². The fourth-order valence-corrected chi connectivity index (χ4v) is 1.06. The van der Waals surface area contributed by atoms with Gasteiger partial charge in [0.1, 0.15) is 6.17 Å². The lowest BCUT2D eigenvalue weighted by Crippen LogP contribution is -2.42. The summed E-state index contributed by atoms with van der Waals surface area (Å²) in [6, 6.07) is 0. The maximum Gasteiger partial charge on any atom is 0.128 e. The van der Waals surface area contributed by atoms with Crippen LogP contribution >= 0.6 is 0 Å². The van der Waals surface area contributed by atoms with Crippen molar-refractivity contribution in [1.29, 1.82) is 0 Å². The topological polar surface area (TPSA) is 23.5 Å². The molecule has 0 bridgehead atoms. The Morgan fingerprint density at radius 3 is 2.78 bits per heavy atom. The molecule has 0 unspecified atom stereocenters. The Kier molecular flexibility index (Phi) is 2.03. The lowest BCUT2D eigenvalue weighted by Gasteiger charge is -2.28. The van der Waals surface area contributed by atoms with Gasteiger partial charge in [-0.25, -0.2) is 4.39 Å². The van der Waals surface area contributed by atoms with Crippen LogP contribution in [0.15, 0.2) is 0 Å². The Labute approximate surface area is 54.3 Å². The minimum Gasteiger partial charge on any atom is -0.389 e. The largest absolute Gasteiger partial charge is 0.389 e. The zero-order valence-corrected chi connectivity index (χ0v) is 5.55. The van der Waals surface area contributed by atoms with Gasteiger partial charge in [-0.2, -0.15) is 0 Å². The average Bonchev–Trinajstić information content (AvgIpc) is 1.80. The molecule has 0 spiro atoms. The van der Waals surface area contributed by atoms with Gasteiger partial charge in [-0.1, -0.05) is 0 Å². The average molecular weight is 133 g/mol. The van der Waals surface area contributed by atoms with Gasteiger partial charge in [0, 0.05) is 13.1 Å². The van der Waals surface area contributed by atoms with Gasteiger partial charge in [0.05, 0.1) is 6.10 Å². The molecule has 0 amide bonds. The van der Waals surface area contributed by atoms with E-state index < -0.39 is 12.3 Å². The quantitative estimate of drug-likeness (QED) is 0.503. The second kappa shape index (κ2) is 2.62. The van der Waals surface area contributed by atoms with Gasteiger partial charge < -0.3 is 10.0 Å². The second-order valence-corrected chi connectivity index (χ2v) is 2.63. The van der Waals surface area contributed by atoms with Gasteiger partial charge in [-0.15, -0.1) is 0 Å². The van der Waals surface area contributed by atoms with E-state index in [9.17, 15) is 4.39 Å². The minimum atomic E-state index is -0.999. The summed E-state index contributed by atoms with van der Waals surface area (Å²) in [6.45, 7) is 1.24. The highest BCUT2D eigenvalue weighted by Gasteiger charge is 2.24. The number of aliphatic hydroxyl groups is 1. The highest BCUT2D eigenvalue weighted by Crippen LogP contribution is 2.11. The van der Waals surface area contributed by atoms with Crippen molar-refractivity contribution >= 4 is 0 Å². The number of alkyl halides is 1. The summed E-state index contributed by atoms with van der Waals surface area (Å²) < 4.78 is 12.5. The van der Waals surface area contributed by atoms with Gasteiger partial charge in [-0.3, -0.25) is 0 Å². The predicted octanol–water partition coefficient (Wildman–Crippen LogP) is 0.0209. The molecule has 1 aliphatic heterocycles. The van der Waals surface area contributed by atoms with E-state index in [-0.39, 0.29) is 0 Å². The van der Waals surface area contributed by atoms with Crippen LogP contribution in [0.1, 0.15) is 6.42 Å². The third-order valence-electron chi connectivity index (χ3n) is 1.70. The van der Waals surface area contributed by atoms with Crippen LogP contribution in [0.5, 0.6) is 0 Å². The van der Waals surface area contributed by atoms with Gasteiger partial charge >= 0.3 is 0 Å². The predicted molar refractivity (Wildman–Crippen MR) is 33.0 cm³/mol. The highest BCUT2D eigenvalue weighted by molar-refractivity contribution is 4.77. The van der Waals surface area contributed by atoms with E-state index in [0.29, 0.717) is 13.0 Å². The van der Waals surface area contributed by atoms with Crippen LogP contribution < -0.4 is 0 Å². The van der Waals surface area contributed by atoms with E-state index in [1.807, 2.05) is 11.9 Å². The maximum absolute atomic E-state index is 12.5. The Bertz CT molecular complexity index is 99.1. The molecule has 1 heterocycles. The molecule has 54 valence electrons. The zero-order valence-electron chi connectivity index (χ0n) is 5.55. The number of likely N-dealkylation sites (N-methyl/N-ethyl adjacent to an activating group) is 1. The van der Waals surface area contributed by atoms with E-state index in [0.717, 1.165) is 6.54 Å². The van der Waals surface area contributed by atoms with E-state index in [4.69, 9.17) is 5.11 Å². The van der Waals surface area contributed by atoms with Crippen molar-refractivity contribution in [1.82, 2.24) is 4.90 Å². The first kappa shape index (κ1) is 6.96. The molecule has 1 rings (SSSR count). The molecule has 0 aliphatic carbocycles. The van der Waals surface area contributed by atoms with Crippen LogP contribution in [0, 0.1) is 0 Å². The van der Waals surface area contributed by atoms with Gasteiger partial charge in [-0.05, 0) is 13.5 Å². The summed E-state index contributed by atoms with van der Waals surface area (Å²) in [5, 5.41) is 8.93. The Balaban J connectivity index is 2.35. The van der Waals surface area contributed by atoms with Crippen LogP contribution in [-0.2, 0) is 0 Å². The summed E-state index contributed by atoms with van der Waals surface area (Å²) in [6.07, 6.45) is -1.29. The molecular weight excluding hydrogens is 121 g/mol. The highest BCUT2D eigenvalue weighted by atomic mass is 19.1. The van der Waals surface area contributed by atoms with Crippen molar-refractivity contribution in [2.24, 2.45) is 0 Å². The number of halogens is 1. The van der Waals surface area contributed by atoms with Crippen molar-refractivity contribution in [3.63, 3.8) is 0 Å². The minimum absolute atomic E-state index is 0.470. The Morgan fingerprint density at radius 1 is 1.67 bits per heavy atom. The van der Waals surface area contributed by atoms with E-state index in [1.165, 1.54) is 0 Å². The molecule has 0 radical (unpaired) electrons. The summed E-state index contributed by atoms with van der Waals surface area (Å²) >= 11 is 0. The van der Waals surface area contributed by atoms with Gasteiger partial charge in [0.2, 0.25) is 0 Å². The van der Waals surface area contributed by atoms with E-state index in [2.05, 4.69) is 0 Å². The normalized spacial score (nSPS) is 39.0. The Morgan fingerprint density at radius 2 is 2.33 bits per heavy atom. The summed E-state index contributed by atoms with van der Waals surface area (Å²) in [5.41, 5.74) is 0. The van der Waals surface area contributed by atoms with Crippen molar-refractivity contribution in [2.45, 2.75) is 18.7 Å². The number of hydrogen-bond donors (Lipinski definition) is 1. The molecule has 3 heteroatoms. The molecule has 1 aliphatic rings. The molecule has 2 nitrogen and oxygen atoms in total. The number of likely N-dealkylation sites (tertiary alicyclic amines) is 1. The lowest BCUT2D eigenvalue weighted by atomic mass is 10.1. The number of rotatable bonds is 0. The number of hydrogen-bond acceptors (Lipinski definition) is 2. The molecule has 9 heavy (non-hydrogen) atoms. The lowest BCUT2D eigenvalue weighted by molar-refractivity contribution is 0.0126. The molecule has 0 saturated carbocycles. The first-order valence-corrected chi connectivity index (χ1v) is 3.21. The third kappa shape index (κ3) is 1.63.